The van der Waals surface area contributed by atoms with E-state index in [1.807, 2.05) is 62.5 Å². The molecular formula is C35H39N7O2. The van der Waals surface area contributed by atoms with Gasteiger partial charge in [-0.05, 0) is 65.4 Å². The van der Waals surface area contributed by atoms with Crippen molar-refractivity contribution in [3.8, 4) is 0 Å². The number of aryl methyl sites for hydroxylation is 1. The molecule has 4 N–H and O–H groups in total. The maximum Gasteiger partial charge on any atom is 0.251 e. The molecule has 9 nitrogen and oxygen atoms in total. The highest BCUT2D eigenvalue weighted by Crippen LogP contribution is 2.19. The fourth-order valence-corrected chi connectivity index (χ4v) is 5.27. The monoisotopic (exact) mass is 589 g/mol. The maximum absolute atomic E-state index is 13.5. The molecule has 0 saturated carbocycles. The van der Waals surface area contributed by atoms with Crippen molar-refractivity contribution < 1.29 is 9.59 Å². The number of pyridine rings is 1. The van der Waals surface area contributed by atoms with Crippen molar-refractivity contribution >= 4 is 28.4 Å². The van der Waals surface area contributed by atoms with Gasteiger partial charge in [-0.2, -0.15) is 0 Å². The van der Waals surface area contributed by atoms with Crippen LogP contribution in [0.1, 0.15) is 45.7 Å². The summed E-state index contributed by atoms with van der Waals surface area (Å²) in [5.41, 5.74) is 3.67. The number of amides is 2. The van der Waals surface area contributed by atoms with Crippen LogP contribution in [-0.2, 0) is 24.4 Å². The second-order valence-corrected chi connectivity index (χ2v) is 10.9. The normalized spacial score (nSPS) is 11.7. The van der Waals surface area contributed by atoms with Gasteiger partial charge in [0.2, 0.25) is 5.91 Å². The Morgan fingerprint density at radius 2 is 1.70 bits per heavy atom. The van der Waals surface area contributed by atoms with Gasteiger partial charge in [0.05, 0.1) is 6.54 Å². The van der Waals surface area contributed by atoms with Crippen molar-refractivity contribution in [3.05, 3.63) is 126 Å². The van der Waals surface area contributed by atoms with Gasteiger partial charge < -0.3 is 25.8 Å². The van der Waals surface area contributed by atoms with Crippen molar-refractivity contribution in [1.82, 2.24) is 30.9 Å². The molecule has 3 aromatic carbocycles. The van der Waals surface area contributed by atoms with Crippen LogP contribution in [0.25, 0.3) is 10.8 Å². The molecular weight excluding hydrogens is 550 g/mol. The fourth-order valence-electron chi connectivity index (χ4n) is 5.27. The molecule has 0 unspecified atom stereocenters. The third-order valence-corrected chi connectivity index (χ3v) is 7.68. The van der Waals surface area contributed by atoms with Crippen LogP contribution in [0.15, 0.2) is 97.5 Å². The van der Waals surface area contributed by atoms with Gasteiger partial charge in [0.1, 0.15) is 17.7 Å². The lowest BCUT2D eigenvalue weighted by atomic mass is 10.0. The Morgan fingerprint density at radius 3 is 2.50 bits per heavy atom. The number of hydrogen-bond donors (Lipinski definition) is 4. The third-order valence-electron chi connectivity index (χ3n) is 7.68. The van der Waals surface area contributed by atoms with Gasteiger partial charge in [0.15, 0.2) is 0 Å². The van der Waals surface area contributed by atoms with Gasteiger partial charge in [0, 0.05) is 50.8 Å². The number of carbonyl (C=O) groups is 2. The van der Waals surface area contributed by atoms with Crippen LogP contribution in [0.2, 0.25) is 0 Å². The van der Waals surface area contributed by atoms with Crippen molar-refractivity contribution in [2.75, 3.05) is 18.5 Å². The standard InChI is InChI=1S/C35H39N7O2/c1-25-8-6-18-39-33(25)42(2)21-7-13-31(35(44)40-23-29-11-5-10-27-9-3-4-12-30(27)29)41-34(43)28-16-14-26(15-17-28)22-36-24-32-37-19-20-38-32/h3-6,8-12,14-20,31,36H,7,13,21-24H2,1-2H3,(H,37,38)(H,40,44)(H,41,43)/t31-/m0/s1. The molecule has 226 valence electrons. The molecule has 5 rings (SSSR count). The number of fused-ring (bicyclic) bond motifs is 1. The van der Waals surface area contributed by atoms with Crippen LogP contribution in [-0.4, -0.2) is 46.4 Å². The van der Waals surface area contributed by atoms with Gasteiger partial charge in [-0.15, -0.1) is 0 Å². The number of rotatable bonds is 14. The maximum atomic E-state index is 13.5. The zero-order chi connectivity index (χ0) is 30.7. The second-order valence-electron chi connectivity index (χ2n) is 10.9. The number of aromatic amines is 1. The molecule has 44 heavy (non-hydrogen) atoms. The van der Waals surface area contributed by atoms with Crippen LogP contribution in [0, 0.1) is 6.92 Å². The number of carbonyl (C=O) groups excluding carboxylic acids is 2. The number of hydrogen-bond acceptors (Lipinski definition) is 6. The number of imidazole rings is 1. The Morgan fingerprint density at radius 1 is 0.886 bits per heavy atom. The van der Waals surface area contributed by atoms with E-state index >= 15 is 0 Å². The van der Waals surface area contributed by atoms with Crippen molar-refractivity contribution in [2.45, 2.75) is 45.4 Å². The van der Waals surface area contributed by atoms with Gasteiger partial charge >= 0.3 is 0 Å². The first kappa shape index (κ1) is 30.4. The molecule has 0 radical (unpaired) electrons. The quantitative estimate of drug-likeness (QED) is 0.147. The number of nitrogens with zero attached hydrogens (tertiary/aromatic N) is 3. The summed E-state index contributed by atoms with van der Waals surface area (Å²) in [5, 5.41) is 11.6. The summed E-state index contributed by atoms with van der Waals surface area (Å²) in [6.45, 7) is 4.37. The summed E-state index contributed by atoms with van der Waals surface area (Å²) in [6, 6.07) is 24.9. The summed E-state index contributed by atoms with van der Waals surface area (Å²) >= 11 is 0. The van der Waals surface area contributed by atoms with E-state index in [-0.39, 0.29) is 11.8 Å². The topological polar surface area (TPSA) is 115 Å². The molecule has 0 aliphatic heterocycles. The predicted molar refractivity (Wildman–Crippen MR) is 174 cm³/mol. The van der Waals surface area contributed by atoms with Crippen molar-refractivity contribution in [2.24, 2.45) is 0 Å². The highest BCUT2D eigenvalue weighted by Gasteiger charge is 2.22. The number of H-pyrrole nitrogens is 1. The lowest BCUT2D eigenvalue weighted by molar-refractivity contribution is -0.123. The van der Waals surface area contributed by atoms with Crippen LogP contribution in [0.3, 0.4) is 0 Å². The Balaban J connectivity index is 1.22. The van der Waals surface area contributed by atoms with Gasteiger partial charge in [-0.1, -0.05) is 60.7 Å². The third kappa shape index (κ3) is 8.08. The van der Waals surface area contributed by atoms with E-state index in [0.717, 1.165) is 39.1 Å². The van der Waals surface area contributed by atoms with Crippen LogP contribution in [0.5, 0.6) is 0 Å². The number of anilines is 1. The molecule has 2 heterocycles. The Hall–Kier alpha value is -5.02. The molecule has 0 aliphatic rings. The highest BCUT2D eigenvalue weighted by atomic mass is 16.2. The van der Waals surface area contributed by atoms with Crippen LogP contribution < -0.4 is 20.9 Å². The number of nitrogens with one attached hydrogen (secondary N) is 4. The van der Waals surface area contributed by atoms with E-state index in [1.165, 1.54) is 0 Å². The summed E-state index contributed by atoms with van der Waals surface area (Å²) < 4.78 is 0. The number of benzene rings is 3. The number of aromatic nitrogens is 3. The molecule has 0 bridgehead atoms. The summed E-state index contributed by atoms with van der Waals surface area (Å²) in [6.07, 6.45) is 6.48. The van der Waals surface area contributed by atoms with Crippen molar-refractivity contribution in [1.29, 1.82) is 0 Å². The summed E-state index contributed by atoms with van der Waals surface area (Å²) in [4.78, 5) is 40.7. The van der Waals surface area contributed by atoms with E-state index in [0.29, 0.717) is 44.6 Å². The molecule has 2 aromatic heterocycles. The Labute approximate surface area is 258 Å². The van der Waals surface area contributed by atoms with Crippen LogP contribution in [0.4, 0.5) is 5.82 Å². The Kier molecular flexibility index (Phi) is 10.3. The minimum atomic E-state index is -0.689. The first-order valence-corrected chi connectivity index (χ1v) is 14.9. The lowest BCUT2D eigenvalue weighted by Gasteiger charge is -2.23. The average Bonchev–Trinajstić information content (AvgIpc) is 3.57. The second kappa shape index (κ2) is 14.9. The van der Waals surface area contributed by atoms with Gasteiger partial charge in [-0.25, -0.2) is 9.97 Å². The Bertz CT molecular complexity index is 1660. The van der Waals surface area contributed by atoms with Crippen LogP contribution >= 0.6 is 0 Å². The summed E-state index contributed by atoms with van der Waals surface area (Å²) in [5.74, 6) is 1.29. The SMILES string of the molecule is Cc1cccnc1N(C)CCC[C@H](NC(=O)c1ccc(CNCc2ncc[nH]2)cc1)C(=O)NCc1cccc2ccccc12. The molecule has 2 amide bonds. The fraction of sp³-hybridized carbons (Fsp3) is 0.257. The summed E-state index contributed by atoms with van der Waals surface area (Å²) in [7, 11) is 1.99. The zero-order valence-electron chi connectivity index (χ0n) is 25.2. The zero-order valence-corrected chi connectivity index (χ0v) is 25.2. The van der Waals surface area contributed by atoms with Crippen molar-refractivity contribution in [3.63, 3.8) is 0 Å². The van der Waals surface area contributed by atoms with Gasteiger partial charge in [-0.3, -0.25) is 9.59 Å². The minimum absolute atomic E-state index is 0.207. The lowest BCUT2D eigenvalue weighted by Crippen LogP contribution is -2.46. The van der Waals surface area contributed by atoms with Gasteiger partial charge in [0.25, 0.3) is 5.91 Å². The van der Waals surface area contributed by atoms with E-state index in [4.69, 9.17) is 0 Å². The minimum Gasteiger partial charge on any atom is -0.359 e. The van der Waals surface area contributed by atoms with E-state index in [2.05, 4.69) is 54.0 Å². The highest BCUT2D eigenvalue weighted by molar-refractivity contribution is 5.97. The molecule has 1 atom stereocenters. The molecule has 0 spiro atoms. The molecule has 5 aromatic rings. The molecule has 9 heteroatoms. The molecule has 0 fully saturated rings. The van der Waals surface area contributed by atoms with E-state index < -0.39 is 6.04 Å². The first-order valence-electron chi connectivity index (χ1n) is 14.9. The predicted octanol–water partition coefficient (Wildman–Crippen LogP) is 4.89. The van der Waals surface area contributed by atoms with E-state index in [9.17, 15) is 9.59 Å². The average molecular weight is 590 g/mol. The molecule has 0 aliphatic carbocycles. The first-order chi connectivity index (χ1) is 21.5. The smallest absolute Gasteiger partial charge is 0.251 e. The molecule has 0 saturated heterocycles. The van der Waals surface area contributed by atoms with E-state index in [1.54, 1.807) is 30.7 Å². The largest absolute Gasteiger partial charge is 0.359 e.